The van der Waals surface area contributed by atoms with Crippen molar-refractivity contribution in [3.8, 4) is 5.75 Å². The number of aromatic hydroxyl groups is 1. The molecule has 0 aromatic heterocycles. The van der Waals surface area contributed by atoms with Crippen LogP contribution in [0, 0.1) is 11.7 Å². The number of amides is 1. The van der Waals surface area contributed by atoms with E-state index in [1.165, 1.54) is 16.7 Å². The molecule has 2 unspecified atom stereocenters. The molecular weight excluding hydrogens is 297 g/mol. The molecule has 1 aromatic rings. The van der Waals surface area contributed by atoms with Crippen LogP contribution >= 0.6 is 11.8 Å². The normalized spacial score (nSPS) is 25.1. The number of phenolic OH excluding ortho intramolecular Hbond substituents is 1. The van der Waals surface area contributed by atoms with Crippen molar-refractivity contribution < 1.29 is 24.2 Å². The first-order valence-corrected chi connectivity index (χ1v) is 7.69. The molecule has 2 fully saturated rings. The standard InChI is InChI=1S/C14H14FNO4S/c15-8-3-4-11(17)9(5-8)12(18)16-10(14(19)20)6-21-13(16)7-1-2-7/h3-5,7,10,13,17H,1-2,6H2,(H,19,20). The number of carboxylic acid groups (broad SMARTS) is 1. The maximum atomic E-state index is 13.3. The second kappa shape index (κ2) is 5.22. The van der Waals surface area contributed by atoms with E-state index in [1.807, 2.05) is 0 Å². The number of carbonyl (C=O) groups is 2. The van der Waals surface area contributed by atoms with E-state index in [1.54, 1.807) is 0 Å². The Labute approximate surface area is 124 Å². The Balaban J connectivity index is 1.95. The third kappa shape index (κ3) is 2.57. The predicted octanol–water partition coefficient (Wildman–Crippen LogP) is 1.91. The molecule has 1 aliphatic heterocycles. The van der Waals surface area contributed by atoms with Crippen LogP contribution < -0.4 is 0 Å². The van der Waals surface area contributed by atoms with Crippen molar-refractivity contribution in [3.63, 3.8) is 0 Å². The third-order valence-electron chi connectivity index (χ3n) is 3.77. The number of carbonyl (C=O) groups excluding carboxylic acids is 1. The summed E-state index contributed by atoms with van der Waals surface area (Å²) >= 11 is 1.44. The van der Waals surface area contributed by atoms with Crippen LogP contribution in [0.1, 0.15) is 23.2 Å². The summed E-state index contributed by atoms with van der Waals surface area (Å²) < 4.78 is 13.3. The lowest BCUT2D eigenvalue weighted by Gasteiger charge is -2.27. The lowest BCUT2D eigenvalue weighted by molar-refractivity contribution is -0.141. The molecule has 1 saturated heterocycles. The highest BCUT2D eigenvalue weighted by atomic mass is 32.2. The quantitative estimate of drug-likeness (QED) is 0.891. The number of aliphatic carboxylic acids is 1. The summed E-state index contributed by atoms with van der Waals surface area (Å²) in [5.74, 6) is -2.07. The van der Waals surface area contributed by atoms with Crippen LogP contribution in [0.5, 0.6) is 5.75 Å². The number of phenols is 1. The highest BCUT2D eigenvalue weighted by Crippen LogP contribution is 2.46. The first-order valence-electron chi connectivity index (χ1n) is 6.64. The van der Waals surface area contributed by atoms with Crippen molar-refractivity contribution in [2.75, 3.05) is 5.75 Å². The van der Waals surface area contributed by atoms with Gasteiger partial charge in [-0.1, -0.05) is 0 Å². The molecule has 0 radical (unpaired) electrons. The Morgan fingerprint density at radius 2 is 2.05 bits per heavy atom. The molecule has 112 valence electrons. The Kier molecular flexibility index (Phi) is 3.52. The van der Waals surface area contributed by atoms with Gasteiger partial charge in [0.2, 0.25) is 0 Å². The maximum absolute atomic E-state index is 13.3. The van der Waals surface area contributed by atoms with E-state index in [0.717, 1.165) is 31.0 Å². The van der Waals surface area contributed by atoms with Gasteiger partial charge in [-0.25, -0.2) is 9.18 Å². The van der Waals surface area contributed by atoms with E-state index in [0.29, 0.717) is 11.7 Å². The summed E-state index contributed by atoms with van der Waals surface area (Å²) in [4.78, 5) is 25.2. The fraction of sp³-hybridized carbons (Fsp3) is 0.429. The number of hydrogen-bond donors (Lipinski definition) is 2. The van der Waals surface area contributed by atoms with Gasteiger partial charge in [0.15, 0.2) is 0 Å². The van der Waals surface area contributed by atoms with Crippen molar-refractivity contribution in [1.29, 1.82) is 0 Å². The summed E-state index contributed by atoms with van der Waals surface area (Å²) in [5.41, 5.74) is -0.186. The first-order chi connectivity index (χ1) is 9.99. The van der Waals surface area contributed by atoms with Crippen LogP contribution in [-0.2, 0) is 4.79 Å². The van der Waals surface area contributed by atoms with Crippen LogP contribution in [0.25, 0.3) is 0 Å². The van der Waals surface area contributed by atoms with Crippen molar-refractivity contribution in [1.82, 2.24) is 4.90 Å². The van der Waals surface area contributed by atoms with Gasteiger partial charge in [-0.2, -0.15) is 0 Å². The van der Waals surface area contributed by atoms with Gasteiger partial charge in [-0.15, -0.1) is 11.8 Å². The number of rotatable bonds is 3. The predicted molar refractivity (Wildman–Crippen MR) is 74.6 cm³/mol. The molecule has 1 amide bonds. The van der Waals surface area contributed by atoms with Gasteiger partial charge >= 0.3 is 5.97 Å². The van der Waals surface area contributed by atoms with Crippen molar-refractivity contribution in [2.24, 2.45) is 5.92 Å². The average molecular weight is 311 g/mol. The van der Waals surface area contributed by atoms with Crippen molar-refractivity contribution in [2.45, 2.75) is 24.3 Å². The molecule has 21 heavy (non-hydrogen) atoms. The molecule has 2 N–H and O–H groups in total. The SMILES string of the molecule is O=C(O)C1CSC(C2CC2)N1C(=O)c1cc(F)ccc1O. The largest absolute Gasteiger partial charge is 0.507 e. The Bertz CT molecular complexity index is 605. The molecule has 2 atom stereocenters. The number of nitrogens with zero attached hydrogens (tertiary/aromatic N) is 1. The molecule has 0 spiro atoms. The molecular formula is C14H14FNO4S. The Morgan fingerprint density at radius 1 is 1.33 bits per heavy atom. The monoisotopic (exact) mass is 311 g/mol. The van der Waals surface area contributed by atoms with E-state index in [9.17, 15) is 24.2 Å². The zero-order valence-corrected chi connectivity index (χ0v) is 11.8. The van der Waals surface area contributed by atoms with Gasteiger partial charge < -0.3 is 15.1 Å². The fourth-order valence-corrected chi connectivity index (χ4v) is 4.17. The van der Waals surface area contributed by atoms with Crippen LogP contribution in [-0.4, -0.2) is 44.2 Å². The van der Waals surface area contributed by atoms with E-state index in [2.05, 4.69) is 0 Å². The van der Waals surface area contributed by atoms with E-state index in [-0.39, 0.29) is 16.7 Å². The van der Waals surface area contributed by atoms with Gasteiger partial charge in [-0.3, -0.25) is 4.79 Å². The molecule has 1 heterocycles. The molecule has 2 aliphatic rings. The summed E-state index contributed by atoms with van der Waals surface area (Å²) in [6.45, 7) is 0. The molecule has 1 aromatic carbocycles. The Hall–Kier alpha value is -1.76. The second-order valence-electron chi connectivity index (χ2n) is 5.29. The highest BCUT2D eigenvalue weighted by molar-refractivity contribution is 8.00. The van der Waals surface area contributed by atoms with Gasteiger partial charge in [0.05, 0.1) is 10.9 Å². The zero-order valence-electron chi connectivity index (χ0n) is 11.0. The lowest BCUT2D eigenvalue weighted by atomic mass is 10.1. The van der Waals surface area contributed by atoms with E-state index in [4.69, 9.17) is 0 Å². The minimum atomic E-state index is -1.07. The number of thioether (sulfide) groups is 1. The average Bonchev–Trinajstić information content (AvgIpc) is 3.19. The van der Waals surface area contributed by atoms with Gasteiger partial charge in [-0.05, 0) is 37.0 Å². The van der Waals surface area contributed by atoms with Crippen molar-refractivity contribution in [3.05, 3.63) is 29.6 Å². The lowest BCUT2D eigenvalue weighted by Crippen LogP contribution is -2.46. The van der Waals surface area contributed by atoms with Crippen LogP contribution in [0.2, 0.25) is 0 Å². The summed E-state index contributed by atoms with van der Waals surface area (Å²) in [6.07, 6.45) is 1.92. The zero-order chi connectivity index (χ0) is 15.1. The number of benzene rings is 1. The van der Waals surface area contributed by atoms with E-state index < -0.39 is 23.7 Å². The van der Waals surface area contributed by atoms with Crippen LogP contribution in [0.4, 0.5) is 4.39 Å². The van der Waals surface area contributed by atoms with E-state index >= 15 is 0 Å². The fourth-order valence-electron chi connectivity index (χ4n) is 2.54. The second-order valence-corrected chi connectivity index (χ2v) is 6.44. The molecule has 1 aliphatic carbocycles. The smallest absolute Gasteiger partial charge is 0.327 e. The van der Waals surface area contributed by atoms with Crippen LogP contribution in [0.15, 0.2) is 18.2 Å². The van der Waals surface area contributed by atoms with Gasteiger partial charge in [0, 0.05) is 5.75 Å². The minimum Gasteiger partial charge on any atom is -0.507 e. The van der Waals surface area contributed by atoms with Crippen molar-refractivity contribution >= 4 is 23.6 Å². The molecule has 7 heteroatoms. The summed E-state index contributed by atoms with van der Waals surface area (Å²) in [6, 6.07) is 2.17. The molecule has 3 rings (SSSR count). The number of hydrogen-bond acceptors (Lipinski definition) is 4. The first kappa shape index (κ1) is 14.2. The Morgan fingerprint density at radius 3 is 2.67 bits per heavy atom. The highest BCUT2D eigenvalue weighted by Gasteiger charge is 2.48. The van der Waals surface area contributed by atoms with Crippen LogP contribution in [0.3, 0.4) is 0 Å². The van der Waals surface area contributed by atoms with Gasteiger partial charge in [0.1, 0.15) is 17.6 Å². The summed E-state index contributed by atoms with van der Waals surface area (Å²) in [5, 5.41) is 18.8. The molecule has 5 nitrogen and oxygen atoms in total. The summed E-state index contributed by atoms with van der Waals surface area (Å²) in [7, 11) is 0. The third-order valence-corrected chi connectivity index (χ3v) is 5.23. The number of carboxylic acids is 1. The molecule has 0 bridgehead atoms. The molecule has 1 saturated carbocycles. The van der Waals surface area contributed by atoms with Gasteiger partial charge in [0.25, 0.3) is 5.91 Å². The minimum absolute atomic E-state index is 0.186. The number of halogens is 1. The topological polar surface area (TPSA) is 77.8 Å². The maximum Gasteiger partial charge on any atom is 0.327 e.